The number of aromatic nitrogens is 3. The molecular formula is C20H28N4O2S. The van der Waals surface area contributed by atoms with E-state index in [9.17, 15) is 4.79 Å². The van der Waals surface area contributed by atoms with E-state index in [4.69, 9.17) is 9.51 Å². The number of rotatable bonds is 7. The first-order chi connectivity index (χ1) is 12.9. The molecule has 0 N–H and O–H groups in total. The van der Waals surface area contributed by atoms with E-state index in [1.165, 1.54) is 23.4 Å². The minimum absolute atomic E-state index is 0.0663. The van der Waals surface area contributed by atoms with Crippen molar-refractivity contribution in [2.75, 3.05) is 11.4 Å². The summed E-state index contributed by atoms with van der Waals surface area (Å²) in [6, 6.07) is 0. The van der Waals surface area contributed by atoms with Crippen LogP contribution in [0.3, 0.4) is 0 Å². The van der Waals surface area contributed by atoms with Gasteiger partial charge in [-0.25, -0.2) is 4.98 Å². The van der Waals surface area contributed by atoms with Crippen LogP contribution in [0.5, 0.6) is 0 Å². The van der Waals surface area contributed by atoms with Crippen LogP contribution >= 0.6 is 11.3 Å². The molecule has 1 aliphatic carbocycles. The molecule has 0 bridgehead atoms. The van der Waals surface area contributed by atoms with Crippen LogP contribution in [0.15, 0.2) is 17.2 Å². The van der Waals surface area contributed by atoms with Crippen molar-refractivity contribution >= 4 is 22.4 Å². The van der Waals surface area contributed by atoms with Gasteiger partial charge in [0.25, 0.3) is 0 Å². The van der Waals surface area contributed by atoms with Gasteiger partial charge in [-0.1, -0.05) is 32.0 Å². The molecule has 0 spiro atoms. The summed E-state index contributed by atoms with van der Waals surface area (Å²) in [5.41, 5.74) is 1.03. The molecule has 27 heavy (non-hydrogen) atoms. The van der Waals surface area contributed by atoms with Crippen molar-refractivity contribution in [3.8, 4) is 0 Å². The maximum absolute atomic E-state index is 12.8. The molecule has 0 radical (unpaired) electrons. The Morgan fingerprint density at radius 1 is 1.30 bits per heavy atom. The highest BCUT2D eigenvalue weighted by atomic mass is 32.1. The first-order valence-electron chi connectivity index (χ1n) is 9.61. The van der Waals surface area contributed by atoms with Gasteiger partial charge in [-0.3, -0.25) is 9.69 Å². The molecule has 2 aromatic rings. The average Bonchev–Trinajstić information content (AvgIpc) is 3.25. The summed E-state index contributed by atoms with van der Waals surface area (Å²) >= 11 is 1.65. The van der Waals surface area contributed by atoms with Gasteiger partial charge in [0.05, 0.1) is 5.69 Å². The fourth-order valence-electron chi connectivity index (χ4n) is 3.06. The van der Waals surface area contributed by atoms with Crippen LogP contribution in [0, 0.1) is 0 Å². The molecule has 2 heterocycles. The third-order valence-corrected chi connectivity index (χ3v) is 5.78. The molecule has 0 unspecified atom stereocenters. The van der Waals surface area contributed by atoms with Crippen molar-refractivity contribution < 1.29 is 9.32 Å². The highest BCUT2D eigenvalue weighted by Gasteiger charge is 2.23. The first-order valence-corrected chi connectivity index (χ1v) is 10.4. The molecule has 0 aliphatic heterocycles. The second-order valence-electron chi connectivity index (χ2n) is 7.98. The van der Waals surface area contributed by atoms with Gasteiger partial charge in [-0.15, -0.1) is 17.9 Å². The number of aryl methyl sites for hydroxylation is 3. The van der Waals surface area contributed by atoms with E-state index in [1.54, 1.807) is 22.3 Å². The van der Waals surface area contributed by atoms with Gasteiger partial charge < -0.3 is 4.52 Å². The number of hydrogen-bond acceptors (Lipinski definition) is 6. The van der Waals surface area contributed by atoms with Gasteiger partial charge in [-0.05, 0) is 32.1 Å². The van der Waals surface area contributed by atoms with Crippen molar-refractivity contribution in [3.63, 3.8) is 0 Å². The summed E-state index contributed by atoms with van der Waals surface area (Å²) in [4.78, 5) is 25.0. The maximum Gasteiger partial charge on any atom is 0.229 e. The van der Waals surface area contributed by atoms with Crippen LogP contribution in [0.1, 0.15) is 68.7 Å². The normalized spacial score (nSPS) is 14.0. The Hall–Kier alpha value is -2.02. The summed E-state index contributed by atoms with van der Waals surface area (Å²) in [5, 5.41) is 4.84. The van der Waals surface area contributed by atoms with E-state index in [0.29, 0.717) is 37.5 Å². The second kappa shape index (κ2) is 8.33. The summed E-state index contributed by atoms with van der Waals surface area (Å²) < 4.78 is 5.31. The van der Waals surface area contributed by atoms with Gasteiger partial charge in [0, 0.05) is 29.7 Å². The molecule has 1 aliphatic rings. The fraction of sp³-hybridized carbons (Fsp3) is 0.600. The quantitative estimate of drug-likeness (QED) is 0.663. The smallest absolute Gasteiger partial charge is 0.229 e. The van der Waals surface area contributed by atoms with Crippen LogP contribution in [0.25, 0.3) is 0 Å². The van der Waals surface area contributed by atoms with E-state index in [-0.39, 0.29) is 11.3 Å². The van der Waals surface area contributed by atoms with E-state index in [1.807, 2.05) is 20.8 Å². The van der Waals surface area contributed by atoms with Crippen LogP contribution < -0.4 is 4.90 Å². The van der Waals surface area contributed by atoms with Crippen LogP contribution in [0.2, 0.25) is 0 Å². The number of amides is 1. The number of hydrogen-bond donors (Lipinski definition) is 0. The molecule has 1 amide bonds. The molecular weight excluding hydrogens is 360 g/mol. The van der Waals surface area contributed by atoms with Crippen molar-refractivity contribution in [2.45, 2.75) is 71.1 Å². The number of carbonyl (C=O) groups is 1. The minimum atomic E-state index is -0.137. The van der Waals surface area contributed by atoms with Gasteiger partial charge in [0.15, 0.2) is 11.0 Å². The Morgan fingerprint density at radius 3 is 2.74 bits per heavy atom. The zero-order chi connectivity index (χ0) is 19.4. The molecule has 3 rings (SSSR count). The van der Waals surface area contributed by atoms with Crippen LogP contribution in [0.4, 0.5) is 5.13 Å². The van der Waals surface area contributed by atoms with Gasteiger partial charge in [-0.2, -0.15) is 4.98 Å². The number of carbonyl (C=O) groups excluding carboxylic acids is 1. The Kier molecular flexibility index (Phi) is 6.09. The highest BCUT2D eigenvalue weighted by molar-refractivity contribution is 7.16. The van der Waals surface area contributed by atoms with Gasteiger partial charge >= 0.3 is 0 Å². The summed E-state index contributed by atoms with van der Waals surface area (Å²) in [6.07, 6.45) is 7.95. The third-order valence-electron chi connectivity index (χ3n) is 4.60. The Morgan fingerprint density at radius 2 is 2.07 bits per heavy atom. The summed E-state index contributed by atoms with van der Waals surface area (Å²) in [5.74, 6) is 1.36. The standard InChI is InChI=1S/C20H28N4O2S/c1-5-13-24(19-21-14-9-6-7-10-15(14)27-19)17(25)12-8-11-16-22-18(23-26-16)20(2,3)4/h5H,1,6-13H2,2-4H3. The first kappa shape index (κ1) is 19.7. The number of nitrogens with zero attached hydrogens (tertiary/aromatic N) is 4. The topological polar surface area (TPSA) is 72.1 Å². The number of thiazole rings is 1. The predicted octanol–water partition coefficient (Wildman–Crippen LogP) is 4.24. The number of fused-ring (bicyclic) bond motifs is 1. The second-order valence-corrected chi connectivity index (χ2v) is 9.04. The Labute approximate surface area is 164 Å². The lowest BCUT2D eigenvalue weighted by Crippen LogP contribution is -2.30. The lowest BCUT2D eigenvalue weighted by molar-refractivity contribution is -0.118. The van der Waals surface area contributed by atoms with Crippen molar-refractivity contribution in [1.82, 2.24) is 15.1 Å². The van der Waals surface area contributed by atoms with Crippen LogP contribution in [-0.4, -0.2) is 27.6 Å². The molecule has 0 atom stereocenters. The van der Waals surface area contributed by atoms with E-state index >= 15 is 0 Å². The molecule has 0 fully saturated rings. The van der Waals surface area contributed by atoms with E-state index < -0.39 is 0 Å². The lowest BCUT2D eigenvalue weighted by Gasteiger charge is -2.17. The molecule has 2 aromatic heterocycles. The largest absolute Gasteiger partial charge is 0.339 e. The monoisotopic (exact) mass is 388 g/mol. The molecule has 0 saturated heterocycles. The zero-order valence-electron chi connectivity index (χ0n) is 16.5. The summed E-state index contributed by atoms with van der Waals surface area (Å²) in [6.45, 7) is 10.4. The molecule has 6 nitrogen and oxygen atoms in total. The maximum atomic E-state index is 12.8. The average molecular weight is 389 g/mol. The lowest BCUT2D eigenvalue weighted by atomic mass is 9.96. The Balaban J connectivity index is 1.59. The van der Waals surface area contributed by atoms with Crippen LogP contribution in [-0.2, 0) is 29.5 Å². The predicted molar refractivity (Wildman–Crippen MR) is 107 cm³/mol. The van der Waals surface area contributed by atoms with E-state index in [0.717, 1.165) is 18.0 Å². The van der Waals surface area contributed by atoms with Crippen molar-refractivity contribution in [1.29, 1.82) is 0 Å². The fourth-order valence-corrected chi connectivity index (χ4v) is 4.23. The molecule has 0 aromatic carbocycles. The van der Waals surface area contributed by atoms with E-state index in [2.05, 4.69) is 16.7 Å². The minimum Gasteiger partial charge on any atom is -0.339 e. The molecule has 146 valence electrons. The van der Waals surface area contributed by atoms with Crippen molar-refractivity contribution in [2.24, 2.45) is 0 Å². The molecule has 7 heteroatoms. The number of anilines is 1. The summed E-state index contributed by atoms with van der Waals surface area (Å²) in [7, 11) is 0. The third kappa shape index (κ3) is 4.83. The zero-order valence-corrected chi connectivity index (χ0v) is 17.3. The Bertz CT molecular complexity index is 780. The van der Waals surface area contributed by atoms with Gasteiger partial charge in [0.2, 0.25) is 11.8 Å². The molecule has 0 saturated carbocycles. The van der Waals surface area contributed by atoms with Gasteiger partial charge in [0.1, 0.15) is 0 Å². The SMILES string of the molecule is C=CCN(C(=O)CCCc1nc(C(C)(C)C)no1)c1nc2c(s1)CCCC2. The highest BCUT2D eigenvalue weighted by Crippen LogP contribution is 2.32. The van der Waals surface area contributed by atoms with Crippen molar-refractivity contribution in [3.05, 3.63) is 34.9 Å².